The normalized spacial score (nSPS) is 13.7. The van der Waals surface area contributed by atoms with Crippen molar-refractivity contribution in [2.24, 2.45) is 0 Å². The van der Waals surface area contributed by atoms with Crippen molar-refractivity contribution < 1.29 is 0 Å². The summed E-state index contributed by atoms with van der Waals surface area (Å²) >= 11 is 0. The van der Waals surface area contributed by atoms with Gasteiger partial charge in [-0.3, -0.25) is 5.32 Å². The average Bonchev–Trinajstić information content (AvgIpc) is 2.28. The van der Waals surface area contributed by atoms with Gasteiger partial charge in [-0.2, -0.15) is 0 Å². The fourth-order valence-corrected chi connectivity index (χ4v) is 1.49. The van der Waals surface area contributed by atoms with Crippen molar-refractivity contribution in [1.82, 2.24) is 5.32 Å². The second-order valence-electron chi connectivity index (χ2n) is 4.35. The molecule has 0 aromatic carbocycles. The van der Waals surface area contributed by atoms with Crippen LogP contribution in [0.25, 0.3) is 0 Å². The van der Waals surface area contributed by atoms with Gasteiger partial charge in [0.1, 0.15) is 0 Å². The molecule has 1 atom stereocenters. The maximum Gasteiger partial charge on any atom is 0.0505 e. The highest BCUT2D eigenvalue weighted by molar-refractivity contribution is 4.87. The van der Waals surface area contributed by atoms with Crippen LogP contribution in [-0.2, 0) is 0 Å². The summed E-state index contributed by atoms with van der Waals surface area (Å²) in [6.45, 7) is 6.58. The number of hydrogen-bond donors (Lipinski definition) is 0. The molecule has 0 aliphatic carbocycles. The van der Waals surface area contributed by atoms with Crippen molar-refractivity contribution in [2.75, 3.05) is 0 Å². The molecule has 0 aromatic rings. The summed E-state index contributed by atoms with van der Waals surface area (Å²) in [5.74, 6) is 0. The van der Waals surface area contributed by atoms with Crippen molar-refractivity contribution in [3.05, 3.63) is 24.4 Å². The van der Waals surface area contributed by atoms with Gasteiger partial charge in [-0.05, 0) is 32.6 Å². The van der Waals surface area contributed by atoms with E-state index in [1.807, 2.05) is 6.20 Å². The molecular weight excluding hydrogens is 194 g/mol. The molecule has 16 heavy (non-hydrogen) atoms. The summed E-state index contributed by atoms with van der Waals surface area (Å²) in [5.41, 5.74) is 0. The Morgan fingerprint density at radius 2 is 1.81 bits per heavy atom. The Labute approximate surface area is 102 Å². The zero-order valence-corrected chi connectivity index (χ0v) is 11.3. The second kappa shape index (κ2) is 12.4. The molecule has 0 amide bonds. The molecule has 0 bridgehead atoms. The van der Waals surface area contributed by atoms with E-state index in [4.69, 9.17) is 0 Å². The lowest BCUT2D eigenvalue weighted by Crippen LogP contribution is -2.11. The second-order valence-corrected chi connectivity index (χ2v) is 4.35. The van der Waals surface area contributed by atoms with E-state index >= 15 is 0 Å². The van der Waals surface area contributed by atoms with Crippen LogP contribution in [0.1, 0.15) is 65.7 Å². The average molecular weight is 222 g/mol. The number of nitrogens with zero attached hydrogens (tertiary/aromatic N) is 1. The molecule has 1 heteroatoms. The Kier molecular flexibility index (Phi) is 11.8. The third-order valence-corrected chi connectivity index (χ3v) is 2.55. The van der Waals surface area contributed by atoms with E-state index in [9.17, 15) is 0 Å². The van der Waals surface area contributed by atoms with E-state index in [0.29, 0.717) is 6.04 Å². The predicted molar refractivity (Wildman–Crippen MR) is 73.5 cm³/mol. The molecule has 0 aliphatic heterocycles. The summed E-state index contributed by atoms with van der Waals surface area (Å²) in [6.07, 6.45) is 17.3. The molecule has 0 saturated carbocycles. The maximum atomic E-state index is 4.48. The number of allylic oxidation sites excluding steroid dienone is 2. The third-order valence-electron chi connectivity index (χ3n) is 2.55. The highest BCUT2D eigenvalue weighted by Crippen LogP contribution is 2.03. The van der Waals surface area contributed by atoms with E-state index in [1.165, 1.54) is 32.1 Å². The first-order valence-corrected chi connectivity index (χ1v) is 6.81. The minimum absolute atomic E-state index is 0.426. The summed E-state index contributed by atoms with van der Waals surface area (Å²) in [6, 6.07) is 0.426. The molecule has 93 valence electrons. The monoisotopic (exact) mass is 222 g/mol. The minimum Gasteiger partial charge on any atom is -0.290 e. The molecule has 0 aliphatic rings. The molecule has 1 nitrogen and oxygen atoms in total. The van der Waals surface area contributed by atoms with E-state index in [1.54, 1.807) is 0 Å². The van der Waals surface area contributed by atoms with Crippen LogP contribution in [-0.4, -0.2) is 6.04 Å². The van der Waals surface area contributed by atoms with Crippen LogP contribution in [0.3, 0.4) is 0 Å². The highest BCUT2D eigenvalue weighted by atomic mass is 14.9. The molecule has 0 spiro atoms. The summed E-state index contributed by atoms with van der Waals surface area (Å²) in [4.78, 5) is 0. The van der Waals surface area contributed by atoms with Crippen molar-refractivity contribution in [3.63, 3.8) is 0 Å². The smallest absolute Gasteiger partial charge is 0.0505 e. The van der Waals surface area contributed by atoms with Crippen LogP contribution in [0.15, 0.2) is 24.4 Å². The van der Waals surface area contributed by atoms with Crippen LogP contribution in [0, 0.1) is 0 Å². The van der Waals surface area contributed by atoms with Gasteiger partial charge in [-0.25, -0.2) is 0 Å². The first-order valence-electron chi connectivity index (χ1n) is 6.81. The van der Waals surface area contributed by atoms with Gasteiger partial charge in [-0.1, -0.05) is 51.3 Å². The van der Waals surface area contributed by atoms with E-state index in [0.717, 1.165) is 12.8 Å². The van der Waals surface area contributed by atoms with Gasteiger partial charge in [0, 0.05) is 6.20 Å². The summed E-state index contributed by atoms with van der Waals surface area (Å²) in [7, 11) is 0. The molecule has 1 radical (unpaired) electrons. The Balaban J connectivity index is 3.33. The first-order chi connectivity index (χ1) is 7.81. The van der Waals surface area contributed by atoms with Crippen molar-refractivity contribution in [1.29, 1.82) is 0 Å². The third kappa shape index (κ3) is 11.4. The fraction of sp³-hybridized carbons (Fsp3) is 0.733. The van der Waals surface area contributed by atoms with Gasteiger partial charge in [0.25, 0.3) is 0 Å². The lowest BCUT2D eigenvalue weighted by atomic mass is 10.1. The van der Waals surface area contributed by atoms with Crippen LogP contribution in [0.5, 0.6) is 0 Å². The predicted octanol–water partition coefficient (Wildman–Crippen LogP) is 4.82. The van der Waals surface area contributed by atoms with Crippen LogP contribution < -0.4 is 5.32 Å². The number of hydrogen-bond acceptors (Lipinski definition) is 0. The summed E-state index contributed by atoms with van der Waals surface area (Å²) < 4.78 is 0. The van der Waals surface area contributed by atoms with Gasteiger partial charge >= 0.3 is 0 Å². The van der Waals surface area contributed by atoms with E-state index < -0.39 is 0 Å². The Hall–Kier alpha value is -0.720. The van der Waals surface area contributed by atoms with E-state index in [-0.39, 0.29) is 0 Å². The number of unbranched alkanes of at least 4 members (excludes halogenated alkanes) is 4. The lowest BCUT2D eigenvalue weighted by Gasteiger charge is -2.04. The topological polar surface area (TPSA) is 14.1 Å². The van der Waals surface area contributed by atoms with Gasteiger partial charge in [-0.15, -0.1) is 0 Å². The van der Waals surface area contributed by atoms with E-state index in [2.05, 4.69) is 44.3 Å². The zero-order valence-electron chi connectivity index (χ0n) is 11.3. The summed E-state index contributed by atoms with van der Waals surface area (Å²) in [5, 5.41) is 4.48. The molecule has 0 fully saturated rings. The van der Waals surface area contributed by atoms with Crippen molar-refractivity contribution >= 4 is 0 Å². The Morgan fingerprint density at radius 1 is 1.00 bits per heavy atom. The SMILES string of the molecule is CCC=CCC(C)[N]C=CCCCCCC. The van der Waals surface area contributed by atoms with Crippen LogP contribution in [0.2, 0.25) is 0 Å². The van der Waals surface area contributed by atoms with Gasteiger partial charge in [0.05, 0.1) is 6.04 Å². The van der Waals surface area contributed by atoms with Gasteiger partial charge in [0.2, 0.25) is 0 Å². The van der Waals surface area contributed by atoms with Gasteiger partial charge in [0.15, 0.2) is 0 Å². The molecule has 0 N–H and O–H groups in total. The Morgan fingerprint density at radius 3 is 2.50 bits per heavy atom. The van der Waals surface area contributed by atoms with Crippen molar-refractivity contribution in [2.45, 2.75) is 71.8 Å². The van der Waals surface area contributed by atoms with Crippen LogP contribution >= 0.6 is 0 Å². The molecule has 1 unspecified atom stereocenters. The quantitative estimate of drug-likeness (QED) is 0.372. The first kappa shape index (κ1) is 15.3. The molecule has 0 rings (SSSR count). The number of rotatable bonds is 10. The minimum atomic E-state index is 0.426. The standard InChI is InChI=1S/C15H28N/c1-4-6-8-9-10-12-14-16-15(3)13-11-7-5-2/h7,11-12,14-15H,4-6,8-10,13H2,1-3H3. The molecule has 0 heterocycles. The Bertz CT molecular complexity index is 182. The largest absolute Gasteiger partial charge is 0.290 e. The molecule has 0 aromatic heterocycles. The van der Waals surface area contributed by atoms with Crippen LogP contribution in [0.4, 0.5) is 0 Å². The maximum absolute atomic E-state index is 4.48. The molecular formula is C15H28N. The molecule has 0 saturated heterocycles. The fourth-order valence-electron chi connectivity index (χ4n) is 1.49. The highest BCUT2D eigenvalue weighted by Gasteiger charge is 1.95. The lowest BCUT2D eigenvalue weighted by molar-refractivity contribution is 0.630. The van der Waals surface area contributed by atoms with Gasteiger partial charge < -0.3 is 0 Å². The zero-order chi connectivity index (χ0) is 12.1. The van der Waals surface area contributed by atoms with Crippen molar-refractivity contribution in [3.8, 4) is 0 Å².